The number of benzene rings is 1. The van der Waals surface area contributed by atoms with Gasteiger partial charge >= 0.3 is 5.97 Å². The SMILES string of the molecule is O=C(O)c1cc(S(=O)(=O)N2CCC[C@@H]2CO)ccc1Cl. The van der Waals surface area contributed by atoms with Crippen molar-refractivity contribution in [1.82, 2.24) is 4.31 Å². The van der Waals surface area contributed by atoms with Crippen LogP contribution in [-0.4, -0.2) is 48.1 Å². The van der Waals surface area contributed by atoms with Crippen LogP contribution in [0.25, 0.3) is 0 Å². The molecule has 1 fully saturated rings. The summed E-state index contributed by atoms with van der Waals surface area (Å²) in [5.74, 6) is -1.29. The molecule has 0 aliphatic carbocycles. The first-order valence-electron chi connectivity index (χ1n) is 6.03. The van der Waals surface area contributed by atoms with E-state index in [1.54, 1.807) is 0 Å². The van der Waals surface area contributed by atoms with Gasteiger partial charge in [0, 0.05) is 12.6 Å². The highest BCUT2D eigenvalue weighted by molar-refractivity contribution is 7.89. The topological polar surface area (TPSA) is 94.9 Å². The second-order valence-corrected chi connectivity index (χ2v) is 6.84. The van der Waals surface area contributed by atoms with Gasteiger partial charge in [-0.05, 0) is 31.0 Å². The van der Waals surface area contributed by atoms with Crippen LogP contribution in [0, 0.1) is 0 Å². The highest BCUT2D eigenvalue weighted by Crippen LogP contribution is 2.28. The zero-order valence-corrected chi connectivity index (χ0v) is 12.1. The number of aliphatic hydroxyl groups is 1. The average molecular weight is 320 g/mol. The van der Waals surface area contributed by atoms with Gasteiger partial charge in [-0.25, -0.2) is 13.2 Å². The average Bonchev–Trinajstić information content (AvgIpc) is 2.87. The molecule has 0 saturated carbocycles. The summed E-state index contributed by atoms with van der Waals surface area (Å²) in [5, 5.41) is 18.2. The molecule has 1 saturated heterocycles. The lowest BCUT2D eigenvalue weighted by Crippen LogP contribution is -2.37. The maximum atomic E-state index is 12.5. The summed E-state index contributed by atoms with van der Waals surface area (Å²) in [4.78, 5) is 10.9. The molecule has 0 spiro atoms. The standard InChI is InChI=1S/C12H14ClNO5S/c13-11-4-3-9(6-10(11)12(16)17)20(18,19)14-5-1-2-8(14)7-15/h3-4,6,8,15H,1-2,5,7H2,(H,16,17)/t8-/m1/s1. The smallest absolute Gasteiger partial charge is 0.337 e. The normalized spacial score (nSPS) is 20.2. The molecular formula is C12H14ClNO5S. The Balaban J connectivity index is 2.44. The van der Waals surface area contributed by atoms with E-state index >= 15 is 0 Å². The highest BCUT2D eigenvalue weighted by Gasteiger charge is 2.35. The van der Waals surface area contributed by atoms with Crippen LogP contribution in [0.3, 0.4) is 0 Å². The van der Waals surface area contributed by atoms with Gasteiger partial charge in [0.2, 0.25) is 10.0 Å². The molecule has 110 valence electrons. The number of carboxylic acid groups (broad SMARTS) is 1. The van der Waals surface area contributed by atoms with Gasteiger partial charge in [-0.1, -0.05) is 11.6 Å². The molecule has 1 atom stereocenters. The van der Waals surface area contributed by atoms with Crippen molar-refractivity contribution < 1.29 is 23.4 Å². The number of hydrogen-bond acceptors (Lipinski definition) is 4. The monoisotopic (exact) mass is 319 g/mol. The van der Waals surface area contributed by atoms with Gasteiger partial charge in [0.05, 0.1) is 22.1 Å². The number of halogens is 1. The van der Waals surface area contributed by atoms with Crippen LogP contribution in [0.4, 0.5) is 0 Å². The zero-order chi connectivity index (χ0) is 14.9. The van der Waals surface area contributed by atoms with E-state index in [1.165, 1.54) is 16.4 Å². The van der Waals surface area contributed by atoms with Crippen molar-refractivity contribution in [2.24, 2.45) is 0 Å². The molecule has 2 rings (SSSR count). The second-order valence-electron chi connectivity index (χ2n) is 4.54. The van der Waals surface area contributed by atoms with Crippen LogP contribution in [0.5, 0.6) is 0 Å². The van der Waals surface area contributed by atoms with Crippen molar-refractivity contribution in [3.63, 3.8) is 0 Å². The van der Waals surface area contributed by atoms with E-state index in [0.717, 1.165) is 6.07 Å². The fourth-order valence-electron chi connectivity index (χ4n) is 2.27. The van der Waals surface area contributed by atoms with Crippen molar-refractivity contribution in [2.45, 2.75) is 23.8 Å². The van der Waals surface area contributed by atoms with Gasteiger partial charge < -0.3 is 10.2 Å². The number of rotatable bonds is 4. The first-order valence-corrected chi connectivity index (χ1v) is 7.85. The number of sulfonamides is 1. The number of aromatic carboxylic acids is 1. The van der Waals surface area contributed by atoms with E-state index in [1.807, 2.05) is 0 Å². The van der Waals surface area contributed by atoms with Crippen LogP contribution in [-0.2, 0) is 10.0 Å². The van der Waals surface area contributed by atoms with Gasteiger partial charge in [-0.2, -0.15) is 4.31 Å². The molecule has 0 bridgehead atoms. The minimum atomic E-state index is -3.82. The third-order valence-corrected chi connectivity index (χ3v) is 5.59. The van der Waals surface area contributed by atoms with E-state index in [0.29, 0.717) is 19.4 Å². The Morgan fingerprint density at radius 2 is 2.15 bits per heavy atom. The highest BCUT2D eigenvalue weighted by atomic mass is 35.5. The first kappa shape index (κ1) is 15.2. The van der Waals surface area contributed by atoms with Crippen molar-refractivity contribution in [3.8, 4) is 0 Å². The van der Waals surface area contributed by atoms with Gasteiger partial charge in [-0.15, -0.1) is 0 Å². The molecule has 6 nitrogen and oxygen atoms in total. The lowest BCUT2D eigenvalue weighted by atomic mass is 10.2. The van der Waals surface area contributed by atoms with Crippen molar-refractivity contribution >= 4 is 27.6 Å². The summed E-state index contributed by atoms with van der Waals surface area (Å²) in [7, 11) is -3.82. The van der Waals surface area contributed by atoms with E-state index in [9.17, 15) is 18.3 Å². The Labute approximate surface area is 121 Å². The van der Waals surface area contributed by atoms with Crippen LogP contribution in [0.1, 0.15) is 23.2 Å². The first-order chi connectivity index (χ1) is 9.37. The van der Waals surface area contributed by atoms with Crippen molar-refractivity contribution in [2.75, 3.05) is 13.2 Å². The third kappa shape index (κ3) is 2.67. The number of carboxylic acids is 1. The molecule has 0 radical (unpaired) electrons. The minimum absolute atomic E-state index is 0.0171. The van der Waals surface area contributed by atoms with Crippen LogP contribution < -0.4 is 0 Å². The lowest BCUT2D eigenvalue weighted by Gasteiger charge is -2.22. The summed E-state index contributed by atoms with van der Waals surface area (Å²) < 4.78 is 26.1. The van der Waals surface area contributed by atoms with Crippen molar-refractivity contribution in [1.29, 1.82) is 0 Å². The molecule has 1 heterocycles. The lowest BCUT2D eigenvalue weighted by molar-refractivity contribution is 0.0697. The van der Waals surface area contributed by atoms with Gasteiger partial charge in [-0.3, -0.25) is 0 Å². The number of nitrogens with zero attached hydrogens (tertiary/aromatic N) is 1. The van der Waals surface area contributed by atoms with Crippen LogP contribution >= 0.6 is 11.6 Å². The molecule has 1 aromatic rings. The number of hydrogen-bond donors (Lipinski definition) is 2. The van der Waals surface area contributed by atoms with Crippen molar-refractivity contribution in [3.05, 3.63) is 28.8 Å². The Morgan fingerprint density at radius 1 is 1.45 bits per heavy atom. The summed E-state index contributed by atoms with van der Waals surface area (Å²) >= 11 is 5.73. The Morgan fingerprint density at radius 3 is 2.75 bits per heavy atom. The number of aliphatic hydroxyl groups excluding tert-OH is 1. The Hall–Kier alpha value is -1.15. The second kappa shape index (κ2) is 5.69. The predicted molar refractivity (Wildman–Crippen MR) is 72.4 cm³/mol. The summed E-state index contributed by atoms with van der Waals surface area (Å²) in [6, 6.07) is 3.12. The molecule has 1 aromatic carbocycles. The molecule has 0 amide bonds. The molecule has 1 aliphatic heterocycles. The van der Waals surface area contributed by atoms with E-state index in [4.69, 9.17) is 16.7 Å². The summed E-state index contributed by atoms with van der Waals surface area (Å²) in [6.45, 7) is 0.0667. The van der Waals surface area contributed by atoms with Gasteiger partial charge in [0.15, 0.2) is 0 Å². The van der Waals surface area contributed by atoms with E-state index in [-0.39, 0.29) is 22.1 Å². The molecule has 0 aromatic heterocycles. The molecule has 1 aliphatic rings. The maximum absolute atomic E-state index is 12.5. The summed E-state index contributed by atoms with van der Waals surface area (Å²) in [6.07, 6.45) is 1.26. The maximum Gasteiger partial charge on any atom is 0.337 e. The molecule has 2 N–H and O–H groups in total. The molecule has 20 heavy (non-hydrogen) atoms. The molecule has 8 heteroatoms. The van der Waals surface area contributed by atoms with Crippen LogP contribution in [0.15, 0.2) is 23.1 Å². The van der Waals surface area contributed by atoms with Crippen LogP contribution in [0.2, 0.25) is 5.02 Å². The van der Waals surface area contributed by atoms with E-state index < -0.39 is 22.0 Å². The largest absolute Gasteiger partial charge is 0.478 e. The fraction of sp³-hybridized carbons (Fsp3) is 0.417. The van der Waals surface area contributed by atoms with E-state index in [2.05, 4.69) is 0 Å². The fourth-order valence-corrected chi connectivity index (χ4v) is 4.18. The van der Waals surface area contributed by atoms with Gasteiger partial charge in [0.1, 0.15) is 0 Å². The third-order valence-electron chi connectivity index (χ3n) is 3.31. The predicted octanol–water partition coefficient (Wildman–Crippen LogP) is 1.18. The van der Waals surface area contributed by atoms with Gasteiger partial charge in [0.25, 0.3) is 0 Å². The molecule has 0 unspecified atom stereocenters. The molecular weight excluding hydrogens is 306 g/mol. The Kier molecular flexibility index (Phi) is 4.33. The quantitative estimate of drug-likeness (QED) is 0.869. The summed E-state index contributed by atoms with van der Waals surface area (Å²) in [5.41, 5.74) is -0.257. The minimum Gasteiger partial charge on any atom is -0.478 e. The zero-order valence-electron chi connectivity index (χ0n) is 10.5. The Bertz CT molecular complexity index is 631. The number of carbonyl (C=O) groups is 1.